The van der Waals surface area contributed by atoms with Crippen LogP contribution >= 0.6 is 15.9 Å². The summed E-state index contributed by atoms with van der Waals surface area (Å²) < 4.78 is 1.00. The van der Waals surface area contributed by atoms with Crippen LogP contribution < -0.4 is 5.32 Å². The summed E-state index contributed by atoms with van der Waals surface area (Å²) in [6.07, 6.45) is 0.417. The van der Waals surface area contributed by atoms with Crippen LogP contribution in [0.1, 0.15) is 12.0 Å². The molecule has 1 aromatic rings. The molecule has 0 fully saturated rings. The average molecular weight is 297 g/mol. The van der Waals surface area contributed by atoms with Crippen molar-refractivity contribution < 1.29 is 10.0 Å². The number of nitrogens with one attached hydrogen (secondary N) is 1. The predicted octanol–water partition coefficient (Wildman–Crippen LogP) is 2.22. The minimum Gasteiger partial charge on any atom is -0.339 e. The third-order valence-corrected chi connectivity index (χ3v) is 2.50. The van der Waals surface area contributed by atoms with E-state index in [0.717, 1.165) is 10.0 Å². The highest BCUT2D eigenvalue weighted by atomic mass is 79.9. The average Bonchev–Trinajstić information content (AvgIpc) is 2.35. The van der Waals surface area contributed by atoms with E-state index in [1.165, 1.54) is 7.05 Å². The summed E-state index contributed by atoms with van der Waals surface area (Å²) >= 11 is 3.34. The van der Waals surface area contributed by atoms with Crippen LogP contribution in [0.15, 0.2) is 28.7 Å². The highest BCUT2D eigenvalue weighted by Gasteiger charge is 2.05. The second-order valence-electron chi connectivity index (χ2n) is 3.24. The van der Waals surface area contributed by atoms with E-state index < -0.39 is 6.03 Å². The molecular weight excluding hydrogens is 284 g/mol. The summed E-state index contributed by atoms with van der Waals surface area (Å²) in [5.74, 6) is 5.83. The molecule has 90 valence electrons. The first-order valence-electron chi connectivity index (χ1n) is 5.06. The Bertz CT molecular complexity index is 434. The Labute approximate surface area is 109 Å². The lowest BCUT2D eigenvalue weighted by molar-refractivity contribution is -0.0404. The van der Waals surface area contributed by atoms with E-state index >= 15 is 0 Å². The molecule has 0 unspecified atom stereocenters. The largest absolute Gasteiger partial charge is 0.340 e. The first-order chi connectivity index (χ1) is 8.13. The van der Waals surface area contributed by atoms with Gasteiger partial charge in [0.1, 0.15) is 0 Å². The number of rotatable bonds is 2. The predicted molar refractivity (Wildman–Crippen MR) is 68.6 cm³/mol. The number of benzene rings is 1. The fourth-order valence-electron chi connectivity index (χ4n) is 1.09. The number of amides is 2. The lowest BCUT2D eigenvalue weighted by Gasteiger charge is -2.11. The van der Waals surface area contributed by atoms with Gasteiger partial charge in [-0.1, -0.05) is 27.8 Å². The first kappa shape index (κ1) is 13.6. The summed E-state index contributed by atoms with van der Waals surface area (Å²) in [6, 6.07) is 7.08. The Morgan fingerprint density at radius 3 is 2.71 bits per heavy atom. The molecule has 1 aromatic carbocycles. The number of nitrogens with zero attached hydrogens (tertiary/aromatic N) is 1. The highest BCUT2D eigenvalue weighted by Crippen LogP contribution is 2.09. The number of hydrogen-bond acceptors (Lipinski definition) is 2. The van der Waals surface area contributed by atoms with Gasteiger partial charge < -0.3 is 5.32 Å². The van der Waals surface area contributed by atoms with E-state index in [2.05, 4.69) is 33.1 Å². The smallest absolute Gasteiger partial charge is 0.339 e. The monoisotopic (exact) mass is 296 g/mol. The van der Waals surface area contributed by atoms with Gasteiger partial charge in [0.15, 0.2) is 0 Å². The molecule has 0 aromatic heterocycles. The fourth-order valence-corrected chi connectivity index (χ4v) is 1.35. The molecule has 0 heterocycles. The van der Waals surface area contributed by atoms with E-state index in [1.807, 2.05) is 24.3 Å². The van der Waals surface area contributed by atoms with Crippen LogP contribution in [0.25, 0.3) is 0 Å². The minimum absolute atomic E-state index is 0.184. The van der Waals surface area contributed by atoms with Gasteiger partial charge in [-0.25, -0.2) is 9.86 Å². The van der Waals surface area contributed by atoms with Crippen molar-refractivity contribution in [1.82, 2.24) is 10.4 Å². The van der Waals surface area contributed by atoms with Crippen molar-refractivity contribution in [3.63, 3.8) is 0 Å². The van der Waals surface area contributed by atoms with Crippen LogP contribution in [0.4, 0.5) is 4.79 Å². The molecule has 0 atom stereocenters. The maximum absolute atomic E-state index is 10.9. The van der Waals surface area contributed by atoms with Crippen molar-refractivity contribution in [1.29, 1.82) is 0 Å². The summed E-state index contributed by atoms with van der Waals surface area (Å²) in [7, 11) is 1.46. The molecule has 4 nitrogen and oxygen atoms in total. The Hall–Kier alpha value is -1.51. The second-order valence-corrected chi connectivity index (χ2v) is 4.15. The second kappa shape index (κ2) is 6.94. The molecule has 0 radical (unpaired) electrons. The van der Waals surface area contributed by atoms with Gasteiger partial charge >= 0.3 is 6.03 Å². The van der Waals surface area contributed by atoms with Crippen molar-refractivity contribution in [3.05, 3.63) is 34.3 Å². The maximum atomic E-state index is 10.9. The van der Waals surface area contributed by atoms with Crippen molar-refractivity contribution >= 4 is 22.0 Å². The van der Waals surface area contributed by atoms with Crippen LogP contribution in [-0.4, -0.2) is 29.9 Å². The highest BCUT2D eigenvalue weighted by molar-refractivity contribution is 9.10. The summed E-state index contributed by atoms with van der Waals surface area (Å²) in [5, 5.41) is 12.1. The minimum atomic E-state index is -0.532. The van der Waals surface area contributed by atoms with Crippen LogP contribution in [0.3, 0.4) is 0 Å². The zero-order valence-corrected chi connectivity index (χ0v) is 11.0. The van der Waals surface area contributed by atoms with Gasteiger partial charge in [0, 0.05) is 23.5 Å². The lowest BCUT2D eigenvalue weighted by Crippen LogP contribution is -2.35. The molecule has 0 saturated heterocycles. The van der Waals surface area contributed by atoms with Crippen molar-refractivity contribution in [2.24, 2.45) is 0 Å². The Balaban J connectivity index is 2.41. The van der Waals surface area contributed by atoms with E-state index in [0.29, 0.717) is 11.5 Å². The van der Waals surface area contributed by atoms with Crippen LogP contribution in [0.2, 0.25) is 0 Å². The molecule has 1 rings (SSSR count). The Morgan fingerprint density at radius 1 is 1.47 bits per heavy atom. The van der Waals surface area contributed by atoms with E-state index in [9.17, 15) is 10.0 Å². The Kier molecular flexibility index (Phi) is 5.53. The molecular formula is C12H13BrN2O2. The molecule has 0 bridgehead atoms. The van der Waals surface area contributed by atoms with E-state index in [-0.39, 0.29) is 6.54 Å². The van der Waals surface area contributed by atoms with Gasteiger partial charge in [0.2, 0.25) is 0 Å². The third-order valence-electron chi connectivity index (χ3n) is 1.97. The number of hydrogen-bond donors (Lipinski definition) is 2. The molecule has 2 N–H and O–H groups in total. The first-order valence-corrected chi connectivity index (χ1v) is 5.85. The summed E-state index contributed by atoms with van der Waals surface area (Å²) in [6.45, 7) is 0.184. The zero-order chi connectivity index (χ0) is 12.7. The standard InChI is InChI=1S/C12H13BrN2O2/c1-14-12(16)15(17)9-3-2-4-10-5-7-11(13)8-6-10/h5-8,17H,3,9H2,1H3,(H,14,16). The van der Waals surface area contributed by atoms with Crippen molar-refractivity contribution in [2.75, 3.05) is 13.6 Å². The van der Waals surface area contributed by atoms with Gasteiger partial charge in [-0.05, 0) is 24.3 Å². The topological polar surface area (TPSA) is 52.6 Å². The van der Waals surface area contributed by atoms with Gasteiger partial charge in [-0.2, -0.15) is 0 Å². The molecule has 17 heavy (non-hydrogen) atoms. The molecule has 0 spiro atoms. The van der Waals surface area contributed by atoms with Crippen LogP contribution in [-0.2, 0) is 0 Å². The normalized spacial score (nSPS) is 9.12. The van der Waals surface area contributed by atoms with Gasteiger partial charge in [-0.15, -0.1) is 0 Å². The number of carbonyl (C=O) groups is 1. The SMILES string of the molecule is CNC(=O)N(O)CCC#Cc1ccc(Br)cc1. The summed E-state index contributed by atoms with van der Waals surface area (Å²) in [4.78, 5) is 10.9. The fraction of sp³-hybridized carbons (Fsp3) is 0.250. The lowest BCUT2D eigenvalue weighted by atomic mass is 10.2. The zero-order valence-electron chi connectivity index (χ0n) is 9.40. The van der Waals surface area contributed by atoms with Gasteiger partial charge in [0.05, 0.1) is 6.54 Å². The number of hydroxylamine groups is 2. The van der Waals surface area contributed by atoms with E-state index in [4.69, 9.17) is 0 Å². The number of halogens is 1. The molecule has 5 heteroatoms. The molecule has 0 aliphatic heterocycles. The van der Waals surface area contributed by atoms with E-state index in [1.54, 1.807) is 0 Å². The van der Waals surface area contributed by atoms with Crippen molar-refractivity contribution in [3.8, 4) is 11.8 Å². The van der Waals surface area contributed by atoms with Gasteiger partial charge in [0.25, 0.3) is 0 Å². The number of carbonyl (C=O) groups excluding carboxylic acids is 1. The third kappa shape index (κ3) is 4.89. The molecule has 2 amide bonds. The molecule has 0 saturated carbocycles. The quantitative estimate of drug-likeness (QED) is 0.499. The molecule has 0 aliphatic carbocycles. The van der Waals surface area contributed by atoms with Crippen molar-refractivity contribution in [2.45, 2.75) is 6.42 Å². The summed E-state index contributed by atoms with van der Waals surface area (Å²) in [5.41, 5.74) is 0.901. The number of urea groups is 1. The maximum Gasteiger partial charge on any atom is 0.340 e. The van der Waals surface area contributed by atoms with Crippen LogP contribution in [0, 0.1) is 11.8 Å². The molecule has 0 aliphatic rings. The van der Waals surface area contributed by atoms with Gasteiger partial charge in [-0.3, -0.25) is 5.21 Å². The Morgan fingerprint density at radius 2 is 2.12 bits per heavy atom. The van der Waals surface area contributed by atoms with Crippen LogP contribution in [0.5, 0.6) is 0 Å².